The predicted molar refractivity (Wildman–Crippen MR) is 80.9 cm³/mol. The molecule has 2 rings (SSSR count). The molecule has 0 aliphatic carbocycles. The number of rotatable bonds is 6. The average Bonchev–Trinajstić information content (AvgIpc) is 2.80. The molecule has 1 aromatic heterocycles. The molecule has 0 spiro atoms. The van der Waals surface area contributed by atoms with Crippen molar-refractivity contribution >= 4 is 21.4 Å². The normalized spacial score (nSPS) is 12.5. The first-order valence-corrected chi connectivity index (χ1v) is 7.42. The van der Waals surface area contributed by atoms with Gasteiger partial charge in [0.2, 0.25) is 0 Å². The minimum atomic E-state index is -0.177. The van der Waals surface area contributed by atoms with E-state index >= 15 is 0 Å². The summed E-state index contributed by atoms with van der Waals surface area (Å²) >= 11 is 1.73. The van der Waals surface area contributed by atoms with Crippen molar-refractivity contribution in [2.75, 3.05) is 6.54 Å². The lowest BCUT2D eigenvalue weighted by Crippen LogP contribution is -2.19. The Bertz CT molecular complexity index is 582. The summed E-state index contributed by atoms with van der Waals surface area (Å²) in [5.74, 6) is 2.50. The summed E-state index contributed by atoms with van der Waals surface area (Å²) in [4.78, 5) is 1.26. The molecule has 1 nitrogen and oxygen atoms in total. The van der Waals surface area contributed by atoms with Crippen molar-refractivity contribution in [2.45, 2.75) is 32.2 Å². The van der Waals surface area contributed by atoms with E-state index in [0.717, 1.165) is 35.9 Å². The zero-order valence-electron chi connectivity index (χ0n) is 11.1. The molecule has 1 atom stereocenters. The topological polar surface area (TPSA) is 12.0 Å². The largest absolute Gasteiger partial charge is 0.310 e. The molecule has 1 heterocycles. The van der Waals surface area contributed by atoms with E-state index in [1.807, 2.05) is 6.07 Å². The maximum atomic E-state index is 13.2. The fraction of sp³-hybridized carbons (Fsp3) is 0.375. The molecule has 1 N–H and O–H groups in total. The molecule has 0 bridgehead atoms. The number of fused-ring (bicyclic) bond motifs is 1. The Hall–Kier alpha value is -1.37. The minimum absolute atomic E-state index is 0.177. The van der Waals surface area contributed by atoms with Crippen LogP contribution in [-0.2, 0) is 0 Å². The number of nitrogens with one attached hydrogen (secondary N) is 1. The van der Waals surface area contributed by atoms with Crippen LogP contribution >= 0.6 is 11.3 Å². The van der Waals surface area contributed by atoms with E-state index < -0.39 is 0 Å². The van der Waals surface area contributed by atoms with Gasteiger partial charge in [0.1, 0.15) is 5.82 Å². The summed E-state index contributed by atoms with van der Waals surface area (Å²) < 4.78 is 14.3. The Morgan fingerprint density at radius 2 is 2.26 bits per heavy atom. The summed E-state index contributed by atoms with van der Waals surface area (Å²) in [7, 11) is 0. The maximum Gasteiger partial charge on any atom is 0.123 e. The summed E-state index contributed by atoms with van der Waals surface area (Å²) in [6.45, 7) is 3.02. The van der Waals surface area contributed by atoms with Crippen molar-refractivity contribution in [1.82, 2.24) is 5.32 Å². The van der Waals surface area contributed by atoms with E-state index in [-0.39, 0.29) is 5.82 Å². The second-order valence-electron chi connectivity index (χ2n) is 4.54. The number of unbranched alkanes of at least 4 members (excludes halogenated alkanes) is 1. The third-order valence-electron chi connectivity index (χ3n) is 3.11. The number of benzene rings is 1. The molecule has 100 valence electrons. The number of hydrogen-bond donors (Lipinski definition) is 1. The predicted octanol–water partition coefficient (Wildman–Crippen LogP) is 4.49. The summed E-state index contributed by atoms with van der Waals surface area (Å²) in [5.41, 5.74) is 0. The van der Waals surface area contributed by atoms with E-state index in [1.54, 1.807) is 17.4 Å². The van der Waals surface area contributed by atoms with Crippen LogP contribution < -0.4 is 5.32 Å². The van der Waals surface area contributed by atoms with E-state index in [9.17, 15) is 4.39 Å². The molecule has 0 radical (unpaired) electrons. The third-order valence-corrected chi connectivity index (χ3v) is 4.34. The van der Waals surface area contributed by atoms with Crippen LogP contribution in [-0.4, -0.2) is 6.54 Å². The molecule has 2 aromatic rings. The summed E-state index contributed by atoms with van der Waals surface area (Å²) in [5, 5.41) is 4.47. The van der Waals surface area contributed by atoms with Crippen molar-refractivity contribution in [1.29, 1.82) is 0 Å². The Kier molecular flexibility index (Phi) is 4.95. The van der Waals surface area contributed by atoms with Crippen LogP contribution in [0.3, 0.4) is 0 Å². The minimum Gasteiger partial charge on any atom is -0.310 e. The van der Waals surface area contributed by atoms with Gasteiger partial charge in [-0.15, -0.1) is 23.7 Å². The molecule has 3 heteroatoms. The molecule has 1 unspecified atom stereocenters. The molecular formula is C16H18FNS. The number of halogens is 1. The average molecular weight is 275 g/mol. The number of terminal acetylenes is 1. The summed E-state index contributed by atoms with van der Waals surface area (Å²) in [6.07, 6.45) is 8.13. The highest BCUT2D eigenvalue weighted by molar-refractivity contribution is 7.19. The van der Waals surface area contributed by atoms with Gasteiger partial charge in [-0.3, -0.25) is 0 Å². The molecular weight excluding hydrogens is 257 g/mol. The highest BCUT2D eigenvalue weighted by Crippen LogP contribution is 2.32. The molecule has 0 saturated heterocycles. The highest BCUT2D eigenvalue weighted by atomic mass is 32.1. The second-order valence-corrected chi connectivity index (χ2v) is 5.65. The van der Waals surface area contributed by atoms with Gasteiger partial charge in [0, 0.05) is 22.0 Å². The molecule has 1 aromatic carbocycles. The van der Waals surface area contributed by atoms with Crippen molar-refractivity contribution in [3.8, 4) is 12.3 Å². The first-order valence-electron chi connectivity index (χ1n) is 6.60. The third kappa shape index (κ3) is 3.56. The van der Waals surface area contributed by atoms with Gasteiger partial charge >= 0.3 is 0 Å². The smallest absolute Gasteiger partial charge is 0.123 e. The van der Waals surface area contributed by atoms with Crippen molar-refractivity contribution in [3.63, 3.8) is 0 Å². The van der Waals surface area contributed by atoms with Crippen molar-refractivity contribution in [2.24, 2.45) is 0 Å². The standard InChI is InChI=1S/C16H18FNS/c1-3-5-6-7-14(18-4-2)16-11-12-10-13(17)8-9-15(12)19-16/h1,8-11,14,18H,4-7H2,2H3. The van der Waals surface area contributed by atoms with Crippen LogP contribution in [0.1, 0.15) is 37.1 Å². The molecule has 0 saturated carbocycles. The maximum absolute atomic E-state index is 13.2. The van der Waals surface area contributed by atoms with Crippen LogP contribution in [0.25, 0.3) is 10.1 Å². The Morgan fingerprint density at radius 3 is 3.00 bits per heavy atom. The van der Waals surface area contributed by atoms with Crippen LogP contribution in [0.15, 0.2) is 24.3 Å². The lowest BCUT2D eigenvalue weighted by molar-refractivity contribution is 0.509. The van der Waals surface area contributed by atoms with E-state index in [1.165, 1.54) is 10.9 Å². The van der Waals surface area contributed by atoms with Crippen molar-refractivity contribution in [3.05, 3.63) is 35.0 Å². The van der Waals surface area contributed by atoms with E-state index in [4.69, 9.17) is 6.42 Å². The quantitative estimate of drug-likeness (QED) is 0.605. The monoisotopic (exact) mass is 275 g/mol. The first kappa shape index (κ1) is 14.0. The number of hydrogen-bond acceptors (Lipinski definition) is 2. The fourth-order valence-electron chi connectivity index (χ4n) is 2.21. The Labute approximate surface area is 117 Å². The fourth-order valence-corrected chi connectivity index (χ4v) is 3.36. The number of thiophene rings is 1. The van der Waals surface area contributed by atoms with Gasteiger partial charge < -0.3 is 5.32 Å². The van der Waals surface area contributed by atoms with Crippen molar-refractivity contribution < 1.29 is 4.39 Å². The van der Waals surface area contributed by atoms with Crippen LogP contribution in [0.5, 0.6) is 0 Å². The summed E-state index contributed by atoms with van der Waals surface area (Å²) in [6, 6.07) is 7.37. The molecule has 0 amide bonds. The highest BCUT2D eigenvalue weighted by Gasteiger charge is 2.13. The van der Waals surface area contributed by atoms with Crippen LogP contribution in [0.2, 0.25) is 0 Å². The van der Waals surface area contributed by atoms with Gasteiger partial charge in [0.05, 0.1) is 0 Å². The molecule has 0 aliphatic rings. The van der Waals surface area contributed by atoms with Gasteiger partial charge in [-0.05, 0) is 49.0 Å². The Balaban J connectivity index is 2.20. The molecule has 19 heavy (non-hydrogen) atoms. The lowest BCUT2D eigenvalue weighted by atomic mass is 10.1. The van der Waals surface area contributed by atoms with Gasteiger partial charge in [-0.1, -0.05) is 6.92 Å². The lowest BCUT2D eigenvalue weighted by Gasteiger charge is -2.15. The van der Waals surface area contributed by atoms with Crippen LogP contribution in [0.4, 0.5) is 4.39 Å². The Morgan fingerprint density at radius 1 is 1.42 bits per heavy atom. The van der Waals surface area contributed by atoms with Gasteiger partial charge in [0.15, 0.2) is 0 Å². The van der Waals surface area contributed by atoms with Crippen LogP contribution in [0, 0.1) is 18.2 Å². The van der Waals surface area contributed by atoms with Gasteiger partial charge in [0.25, 0.3) is 0 Å². The van der Waals surface area contributed by atoms with E-state index in [0.29, 0.717) is 6.04 Å². The van der Waals surface area contributed by atoms with Gasteiger partial charge in [-0.25, -0.2) is 4.39 Å². The van der Waals surface area contributed by atoms with E-state index in [2.05, 4.69) is 24.2 Å². The zero-order chi connectivity index (χ0) is 13.7. The zero-order valence-corrected chi connectivity index (χ0v) is 11.9. The SMILES string of the molecule is C#CCCCC(NCC)c1cc2cc(F)ccc2s1. The molecule has 0 fully saturated rings. The molecule has 0 aliphatic heterocycles. The second kappa shape index (κ2) is 6.70. The van der Waals surface area contributed by atoms with Gasteiger partial charge in [-0.2, -0.15) is 0 Å². The first-order chi connectivity index (χ1) is 9.24.